The molecular formula is C18H36N4O2. The number of hydrogen-bond donors (Lipinski definition) is 2. The maximum atomic E-state index is 12.6. The van der Waals surface area contributed by atoms with Crippen molar-refractivity contribution in [1.82, 2.24) is 15.1 Å². The molecule has 1 saturated heterocycles. The number of carbonyl (C=O) groups is 2. The van der Waals surface area contributed by atoms with Crippen molar-refractivity contribution in [2.75, 3.05) is 33.2 Å². The number of piperidine rings is 1. The molecule has 0 saturated carbocycles. The van der Waals surface area contributed by atoms with Gasteiger partial charge in [-0.15, -0.1) is 0 Å². The van der Waals surface area contributed by atoms with Crippen LogP contribution >= 0.6 is 0 Å². The molecule has 6 nitrogen and oxygen atoms in total. The number of carbonyl (C=O) groups excluding carboxylic acids is 2. The molecule has 2 atom stereocenters. The molecule has 0 aromatic rings. The Kier molecular flexibility index (Phi) is 8.53. The summed E-state index contributed by atoms with van der Waals surface area (Å²) in [6.07, 6.45) is 2.55. The molecule has 1 heterocycles. The van der Waals surface area contributed by atoms with Gasteiger partial charge in [-0.1, -0.05) is 27.7 Å². The number of hydrogen-bond acceptors (Lipinski definition) is 3. The van der Waals surface area contributed by atoms with Gasteiger partial charge in [0.25, 0.3) is 0 Å². The number of rotatable bonds is 7. The van der Waals surface area contributed by atoms with Crippen LogP contribution in [-0.4, -0.2) is 61.0 Å². The van der Waals surface area contributed by atoms with Crippen LogP contribution in [0.15, 0.2) is 0 Å². The predicted octanol–water partition coefficient (Wildman–Crippen LogP) is 1.90. The summed E-state index contributed by atoms with van der Waals surface area (Å²) in [4.78, 5) is 28.4. The largest absolute Gasteiger partial charge is 0.345 e. The van der Waals surface area contributed by atoms with E-state index in [1.807, 2.05) is 7.05 Å². The van der Waals surface area contributed by atoms with Crippen molar-refractivity contribution in [3.63, 3.8) is 0 Å². The number of nitrogens with two attached hydrogens (primary N) is 1. The Hall–Kier alpha value is -1.30. The first-order valence-electron chi connectivity index (χ1n) is 9.25. The first-order chi connectivity index (χ1) is 11.2. The standard InChI is InChI=1S/C18H36N4O2/c1-13(2)11-20-18(24)22-9-6-7-15(12-22)17(23)21(5)10-8-16(19)14(3)4/h13-16H,6-12,19H2,1-5H3,(H,20,24). The van der Waals surface area contributed by atoms with Crippen LogP contribution in [-0.2, 0) is 4.79 Å². The summed E-state index contributed by atoms with van der Waals surface area (Å²) in [5, 5.41) is 2.94. The molecule has 2 unspecified atom stereocenters. The zero-order chi connectivity index (χ0) is 18.3. The Morgan fingerprint density at radius 3 is 2.54 bits per heavy atom. The zero-order valence-corrected chi connectivity index (χ0v) is 16.0. The van der Waals surface area contributed by atoms with Crippen LogP contribution in [0.5, 0.6) is 0 Å². The van der Waals surface area contributed by atoms with Gasteiger partial charge in [0.2, 0.25) is 5.91 Å². The van der Waals surface area contributed by atoms with E-state index in [-0.39, 0.29) is 23.9 Å². The van der Waals surface area contributed by atoms with Gasteiger partial charge >= 0.3 is 6.03 Å². The van der Waals surface area contributed by atoms with Gasteiger partial charge in [0.1, 0.15) is 0 Å². The highest BCUT2D eigenvalue weighted by Gasteiger charge is 2.30. The van der Waals surface area contributed by atoms with E-state index in [0.717, 1.165) is 25.8 Å². The molecule has 0 aromatic heterocycles. The number of urea groups is 1. The van der Waals surface area contributed by atoms with Crippen LogP contribution in [0.2, 0.25) is 0 Å². The second-order valence-electron chi connectivity index (χ2n) is 7.82. The molecule has 3 amide bonds. The fourth-order valence-electron chi connectivity index (χ4n) is 2.86. The quantitative estimate of drug-likeness (QED) is 0.743. The fraction of sp³-hybridized carbons (Fsp3) is 0.889. The van der Waals surface area contributed by atoms with Gasteiger partial charge in [0.15, 0.2) is 0 Å². The molecule has 140 valence electrons. The van der Waals surface area contributed by atoms with Gasteiger partial charge in [-0.3, -0.25) is 4.79 Å². The van der Waals surface area contributed by atoms with E-state index in [1.165, 1.54) is 0 Å². The molecule has 1 rings (SSSR count). The van der Waals surface area contributed by atoms with E-state index in [0.29, 0.717) is 31.5 Å². The van der Waals surface area contributed by atoms with E-state index < -0.39 is 0 Å². The smallest absolute Gasteiger partial charge is 0.317 e. The normalized spacial score (nSPS) is 19.5. The molecule has 0 aliphatic carbocycles. The minimum atomic E-state index is -0.0937. The molecule has 1 aliphatic rings. The molecular weight excluding hydrogens is 304 g/mol. The Morgan fingerprint density at radius 2 is 1.96 bits per heavy atom. The maximum Gasteiger partial charge on any atom is 0.317 e. The maximum absolute atomic E-state index is 12.6. The molecule has 0 aromatic carbocycles. The molecule has 1 fully saturated rings. The summed E-state index contributed by atoms with van der Waals surface area (Å²) in [5.41, 5.74) is 6.06. The van der Waals surface area contributed by atoms with Crippen molar-refractivity contribution in [3.05, 3.63) is 0 Å². The molecule has 1 aliphatic heterocycles. The minimum absolute atomic E-state index is 0.0503. The van der Waals surface area contributed by atoms with Crippen molar-refractivity contribution in [1.29, 1.82) is 0 Å². The average molecular weight is 341 g/mol. The summed E-state index contributed by atoms with van der Waals surface area (Å²) in [6, 6.07) is 0.0654. The van der Waals surface area contributed by atoms with Crippen molar-refractivity contribution >= 4 is 11.9 Å². The summed E-state index contributed by atoms with van der Waals surface area (Å²) in [6.45, 7) is 10.9. The number of likely N-dealkylation sites (tertiary alicyclic amines) is 1. The Morgan fingerprint density at radius 1 is 1.29 bits per heavy atom. The summed E-state index contributed by atoms with van der Waals surface area (Å²) in [7, 11) is 1.84. The highest BCUT2D eigenvalue weighted by atomic mass is 16.2. The first-order valence-corrected chi connectivity index (χ1v) is 9.25. The molecule has 0 radical (unpaired) electrons. The van der Waals surface area contributed by atoms with Crippen LogP contribution in [0, 0.1) is 17.8 Å². The lowest BCUT2D eigenvalue weighted by molar-refractivity contribution is -0.135. The lowest BCUT2D eigenvalue weighted by Crippen LogP contribution is -2.50. The van der Waals surface area contributed by atoms with Gasteiger partial charge < -0.3 is 20.9 Å². The third kappa shape index (κ3) is 6.67. The van der Waals surface area contributed by atoms with Gasteiger partial charge in [-0.25, -0.2) is 4.79 Å². The Bertz CT molecular complexity index is 412. The Labute approximate surface area is 147 Å². The highest BCUT2D eigenvalue weighted by Crippen LogP contribution is 2.19. The number of amides is 3. The summed E-state index contributed by atoms with van der Waals surface area (Å²) in [5.74, 6) is 0.881. The molecule has 0 bridgehead atoms. The molecule has 24 heavy (non-hydrogen) atoms. The topological polar surface area (TPSA) is 78.7 Å². The highest BCUT2D eigenvalue weighted by molar-refractivity contribution is 5.80. The third-order valence-corrected chi connectivity index (χ3v) is 4.75. The Balaban J connectivity index is 2.47. The molecule has 0 spiro atoms. The van der Waals surface area contributed by atoms with E-state index in [2.05, 4.69) is 33.0 Å². The fourth-order valence-corrected chi connectivity index (χ4v) is 2.86. The van der Waals surface area contributed by atoms with E-state index >= 15 is 0 Å². The van der Waals surface area contributed by atoms with E-state index in [1.54, 1.807) is 9.80 Å². The second-order valence-corrected chi connectivity index (χ2v) is 7.82. The SMILES string of the molecule is CC(C)CNC(=O)N1CCCC(C(=O)N(C)CCC(N)C(C)C)C1. The van der Waals surface area contributed by atoms with Crippen LogP contribution in [0.3, 0.4) is 0 Å². The number of nitrogens with one attached hydrogen (secondary N) is 1. The van der Waals surface area contributed by atoms with Gasteiger partial charge in [0.05, 0.1) is 5.92 Å². The van der Waals surface area contributed by atoms with Crippen LogP contribution in [0.4, 0.5) is 4.79 Å². The minimum Gasteiger partial charge on any atom is -0.345 e. The first kappa shape index (κ1) is 20.7. The van der Waals surface area contributed by atoms with Crippen molar-refractivity contribution in [3.8, 4) is 0 Å². The summed E-state index contributed by atoms with van der Waals surface area (Å²) < 4.78 is 0. The van der Waals surface area contributed by atoms with Crippen LogP contribution in [0.1, 0.15) is 47.0 Å². The van der Waals surface area contributed by atoms with E-state index in [9.17, 15) is 9.59 Å². The van der Waals surface area contributed by atoms with Crippen molar-refractivity contribution in [2.45, 2.75) is 53.0 Å². The zero-order valence-electron chi connectivity index (χ0n) is 16.0. The monoisotopic (exact) mass is 340 g/mol. The van der Waals surface area contributed by atoms with Gasteiger partial charge in [-0.2, -0.15) is 0 Å². The van der Waals surface area contributed by atoms with Crippen LogP contribution in [0.25, 0.3) is 0 Å². The van der Waals surface area contributed by atoms with Gasteiger partial charge in [-0.05, 0) is 31.1 Å². The third-order valence-electron chi connectivity index (χ3n) is 4.75. The van der Waals surface area contributed by atoms with Crippen molar-refractivity contribution < 1.29 is 9.59 Å². The average Bonchev–Trinajstić information content (AvgIpc) is 2.56. The van der Waals surface area contributed by atoms with Crippen molar-refractivity contribution in [2.24, 2.45) is 23.5 Å². The molecule has 3 N–H and O–H groups in total. The van der Waals surface area contributed by atoms with Gasteiger partial charge in [0, 0.05) is 39.3 Å². The lowest BCUT2D eigenvalue weighted by atomic mass is 9.96. The van der Waals surface area contributed by atoms with Crippen LogP contribution < -0.4 is 11.1 Å². The summed E-state index contributed by atoms with van der Waals surface area (Å²) >= 11 is 0. The lowest BCUT2D eigenvalue weighted by Gasteiger charge is -2.34. The number of nitrogens with zero attached hydrogens (tertiary/aromatic N) is 2. The second kappa shape index (κ2) is 9.87. The molecule has 6 heteroatoms. The predicted molar refractivity (Wildman–Crippen MR) is 97.6 cm³/mol. The van der Waals surface area contributed by atoms with E-state index in [4.69, 9.17) is 5.73 Å².